The van der Waals surface area contributed by atoms with Gasteiger partial charge in [0.1, 0.15) is 5.71 Å². The smallest absolute Gasteiger partial charge is 0.279 e. The van der Waals surface area contributed by atoms with Crippen LogP contribution in [0.25, 0.3) is 0 Å². The van der Waals surface area contributed by atoms with Crippen molar-refractivity contribution >= 4 is 34.3 Å². The van der Waals surface area contributed by atoms with Gasteiger partial charge in [-0.1, -0.05) is 30.4 Å². The van der Waals surface area contributed by atoms with Crippen molar-refractivity contribution < 1.29 is 4.79 Å². The zero-order valence-corrected chi connectivity index (χ0v) is 14.5. The molecule has 120 valence electrons. The molecule has 0 bridgehead atoms. The Balaban J connectivity index is 2.08. The standard InChI is InChI=1S/C20H18N2OS/c1-15-7-6-9-17(13-15)21-19-10-5-3-4-8-16(2)22(20(19)23)18-11-12-24-14-18/h3-14H,1-2H3/b4-3-,10-5+,16-8+,21-19?. The molecule has 1 amide bonds. The second-order valence-electron chi connectivity index (χ2n) is 5.51. The normalized spacial score (nSPS) is 21.6. The Hall–Kier alpha value is -2.72. The number of anilines is 1. The Morgan fingerprint density at radius 3 is 2.71 bits per heavy atom. The Kier molecular flexibility index (Phi) is 4.87. The van der Waals surface area contributed by atoms with Crippen molar-refractivity contribution in [3.8, 4) is 0 Å². The number of aliphatic imine (C=N–C) groups is 1. The second kappa shape index (κ2) is 7.23. The summed E-state index contributed by atoms with van der Waals surface area (Å²) in [5.41, 5.74) is 4.01. The van der Waals surface area contributed by atoms with Gasteiger partial charge in [-0.25, -0.2) is 4.99 Å². The minimum Gasteiger partial charge on any atom is -0.279 e. The summed E-state index contributed by atoms with van der Waals surface area (Å²) < 4.78 is 0. The van der Waals surface area contributed by atoms with E-state index in [1.807, 2.05) is 79.2 Å². The van der Waals surface area contributed by atoms with Crippen molar-refractivity contribution in [2.45, 2.75) is 13.8 Å². The highest BCUT2D eigenvalue weighted by molar-refractivity contribution is 7.08. The van der Waals surface area contributed by atoms with Crippen LogP contribution in [0.1, 0.15) is 12.5 Å². The number of nitrogens with zero attached hydrogens (tertiary/aromatic N) is 2. The zero-order chi connectivity index (χ0) is 16.9. The third-order valence-corrected chi connectivity index (χ3v) is 4.28. The summed E-state index contributed by atoms with van der Waals surface area (Å²) in [6.07, 6.45) is 9.35. The monoisotopic (exact) mass is 334 g/mol. The molecule has 0 saturated heterocycles. The zero-order valence-electron chi connectivity index (χ0n) is 13.6. The van der Waals surface area contributed by atoms with Gasteiger partial charge in [-0.2, -0.15) is 11.3 Å². The summed E-state index contributed by atoms with van der Waals surface area (Å²) in [6.45, 7) is 3.94. The lowest BCUT2D eigenvalue weighted by molar-refractivity contribution is -0.112. The molecule has 0 fully saturated rings. The van der Waals surface area contributed by atoms with Gasteiger partial charge in [0.2, 0.25) is 0 Å². The molecule has 0 atom stereocenters. The Morgan fingerprint density at radius 2 is 1.96 bits per heavy atom. The third-order valence-electron chi connectivity index (χ3n) is 3.60. The van der Waals surface area contributed by atoms with Gasteiger partial charge in [0.15, 0.2) is 0 Å². The van der Waals surface area contributed by atoms with E-state index in [-0.39, 0.29) is 5.91 Å². The van der Waals surface area contributed by atoms with Gasteiger partial charge in [0, 0.05) is 11.1 Å². The summed E-state index contributed by atoms with van der Waals surface area (Å²) in [5.74, 6) is -0.136. The van der Waals surface area contributed by atoms with E-state index in [2.05, 4.69) is 4.99 Å². The number of amides is 1. The lowest BCUT2D eigenvalue weighted by atomic mass is 10.2. The highest BCUT2D eigenvalue weighted by Gasteiger charge is 2.22. The molecule has 3 nitrogen and oxygen atoms in total. The van der Waals surface area contributed by atoms with E-state index in [1.54, 1.807) is 22.3 Å². The average Bonchev–Trinajstić information content (AvgIpc) is 3.08. The Bertz CT molecular complexity index is 858. The molecule has 0 saturated carbocycles. The van der Waals surface area contributed by atoms with Crippen LogP contribution in [0.2, 0.25) is 0 Å². The number of hydrogen-bond donors (Lipinski definition) is 0. The van der Waals surface area contributed by atoms with Gasteiger partial charge >= 0.3 is 0 Å². The third kappa shape index (κ3) is 3.60. The first-order valence-electron chi connectivity index (χ1n) is 7.69. The Labute approximate surface area is 146 Å². The van der Waals surface area contributed by atoms with Gasteiger partial charge in [-0.05, 0) is 55.1 Å². The van der Waals surface area contributed by atoms with E-state index in [9.17, 15) is 4.79 Å². The van der Waals surface area contributed by atoms with Crippen LogP contribution in [-0.2, 0) is 4.79 Å². The van der Waals surface area contributed by atoms with Crippen molar-refractivity contribution in [2.75, 3.05) is 4.90 Å². The fraction of sp³-hybridized carbons (Fsp3) is 0.100. The van der Waals surface area contributed by atoms with Crippen molar-refractivity contribution in [1.82, 2.24) is 0 Å². The van der Waals surface area contributed by atoms with E-state index in [0.29, 0.717) is 5.71 Å². The number of aryl methyl sites for hydroxylation is 1. The molecule has 0 unspecified atom stereocenters. The highest BCUT2D eigenvalue weighted by Crippen LogP contribution is 2.24. The predicted molar refractivity (Wildman–Crippen MR) is 102 cm³/mol. The van der Waals surface area contributed by atoms with Crippen LogP contribution in [-0.4, -0.2) is 11.6 Å². The molecule has 0 aliphatic carbocycles. The summed E-state index contributed by atoms with van der Waals surface area (Å²) in [4.78, 5) is 19.4. The van der Waals surface area contributed by atoms with E-state index >= 15 is 0 Å². The van der Waals surface area contributed by atoms with Crippen molar-refractivity contribution in [3.63, 3.8) is 0 Å². The molecular weight excluding hydrogens is 316 g/mol. The molecule has 1 aromatic heterocycles. The number of rotatable bonds is 2. The average molecular weight is 334 g/mol. The van der Waals surface area contributed by atoms with Crippen LogP contribution in [0.5, 0.6) is 0 Å². The van der Waals surface area contributed by atoms with Crippen LogP contribution >= 0.6 is 11.3 Å². The minimum atomic E-state index is -0.136. The largest absolute Gasteiger partial charge is 0.281 e. The lowest BCUT2D eigenvalue weighted by Crippen LogP contribution is -2.34. The van der Waals surface area contributed by atoms with Crippen LogP contribution in [0, 0.1) is 6.92 Å². The Morgan fingerprint density at radius 1 is 1.08 bits per heavy atom. The molecule has 3 rings (SSSR count). The van der Waals surface area contributed by atoms with Crippen LogP contribution < -0.4 is 4.90 Å². The number of carbonyl (C=O) groups is 1. The minimum absolute atomic E-state index is 0.136. The van der Waals surface area contributed by atoms with Gasteiger partial charge in [0.25, 0.3) is 5.91 Å². The molecule has 2 aromatic rings. The number of allylic oxidation sites excluding steroid dienone is 5. The van der Waals surface area contributed by atoms with Gasteiger partial charge in [0.05, 0.1) is 11.4 Å². The van der Waals surface area contributed by atoms with Crippen molar-refractivity contribution in [3.05, 3.63) is 82.7 Å². The molecule has 1 aliphatic heterocycles. The summed E-state index contributed by atoms with van der Waals surface area (Å²) in [6, 6.07) is 9.77. The maximum atomic E-state index is 13.1. The second-order valence-corrected chi connectivity index (χ2v) is 6.29. The topological polar surface area (TPSA) is 32.7 Å². The van der Waals surface area contributed by atoms with Crippen molar-refractivity contribution in [1.29, 1.82) is 0 Å². The van der Waals surface area contributed by atoms with E-state index in [1.165, 1.54) is 0 Å². The van der Waals surface area contributed by atoms with Gasteiger partial charge < -0.3 is 0 Å². The molecular formula is C20H18N2OS. The first-order chi connectivity index (χ1) is 11.6. The van der Waals surface area contributed by atoms with Crippen LogP contribution in [0.15, 0.2) is 82.2 Å². The molecule has 4 heteroatoms. The maximum absolute atomic E-state index is 13.1. The fourth-order valence-electron chi connectivity index (χ4n) is 2.45. The fourth-order valence-corrected chi connectivity index (χ4v) is 3.07. The quantitative estimate of drug-likeness (QED) is 0.743. The number of hydrogen-bond acceptors (Lipinski definition) is 3. The molecule has 24 heavy (non-hydrogen) atoms. The summed E-state index contributed by atoms with van der Waals surface area (Å²) >= 11 is 1.56. The van der Waals surface area contributed by atoms with E-state index < -0.39 is 0 Å². The molecule has 0 spiro atoms. The van der Waals surface area contributed by atoms with Crippen LogP contribution in [0.4, 0.5) is 11.4 Å². The van der Waals surface area contributed by atoms with Gasteiger partial charge in [-0.15, -0.1) is 0 Å². The van der Waals surface area contributed by atoms with Crippen LogP contribution in [0.3, 0.4) is 0 Å². The predicted octanol–water partition coefficient (Wildman–Crippen LogP) is 5.19. The van der Waals surface area contributed by atoms with E-state index in [4.69, 9.17) is 0 Å². The first kappa shape index (κ1) is 16.1. The van der Waals surface area contributed by atoms with Gasteiger partial charge in [-0.3, -0.25) is 9.69 Å². The molecule has 1 aromatic carbocycles. The number of carbonyl (C=O) groups excluding carboxylic acids is 1. The molecule has 0 radical (unpaired) electrons. The number of thiophene rings is 1. The first-order valence-corrected chi connectivity index (χ1v) is 8.63. The maximum Gasteiger partial charge on any atom is 0.281 e. The van der Waals surface area contributed by atoms with E-state index in [0.717, 1.165) is 22.6 Å². The number of benzene rings is 1. The highest BCUT2D eigenvalue weighted by atomic mass is 32.1. The SMILES string of the molecule is C\C1=C/C=C\C=C\C(=Nc2cccc(C)c2)C(=O)N1c1ccsc1. The molecule has 2 heterocycles. The lowest BCUT2D eigenvalue weighted by Gasteiger charge is -2.22. The molecule has 1 aliphatic rings. The summed E-state index contributed by atoms with van der Waals surface area (Å²) in [7, 11) is 0. The summed E-state index contributed by atoms with van der Waals surface area (Å²) in [5, 5.41) is 3.93. The molecule has 0 N–H and O–H groups in total. The van der Waals surface area contributed by atoms with Crippen molar-refractivity contribution in [2.24, 2.45) is 4.99 Å².